The normalized spacial score (nSPS) is 12.2. The lowest BCUT2D eigenvalue weighted by Gasteiger charge is -2.10. The predicted molar refractivity (Wildman–Crippen MR) is 132 cm³/mol. The Bertz CT molecular complexity index is 803. The molecule has 14 heteroatoms. The van der Waals surface area contributed by atoms with Gasteiger partial charge in [0.25, 0.3) is 0 Å². The van der Waals surface area contributed by atoms with Crippen molar-refractivity contribution < 1.29 is 64.6 Å². The van der Waals surface area contributed by atoms with E-state index in [2.05, 4.69) is 18.6 Å². The molecule has 0 aromatic heterocycles. The van der Waals surface area contributed by atoms with Crippen LogP contribution >= 0.6 is 0 Å². The molecule has 0 bridgehead atoms. The van der Waals surface area contributed by atoms with Crippen LogP contribution in [-0.2, 0) is 38.0 Å². The number of hydrogen-bond acceptors (Lipinski definition) is 9. The van der Waals surface area contributed by atoms with Gasteiger partial charge in [-0.1, -0.05) is 20.3 Å². The van der Waals surface area contributed by atoms with Gasteiger partial charge in [-0.3, -0.25) is 4.79 Å². The second kappa shape index (κ2) is 22.7. The first-order chi connectivity index (χ1) is 19.3. The highest BCUT2D eigenvalue weighted by molar-refractivity contribution is 5.72. The quantitative estimate of drug-likeness (QED) is 0.0421. The van der Waals surface area contributed by atoms with Crippen molar-refractivity contribution >= 4 is 5.97 Å². The van der Waals surface area contributed by atoms with Crippen LogP contribution in [0, 0.1) is 35.0 Å². The maximum Gasteiger partial charge on any atom is 0.313 e. The maximum atomic E-state index is 13.5. The van der Waals surface area contributed by atoms with Gasteiger partial charge in [0.15, 0.2) is 0 Å². The van der Waals surface area contributed by atoms with Crippen molar-refractivity contribution in [1.29, 1.82) is 0 Å². The largest absolute Gasteiger partial charge is 0.420 e. The van der Waals surface area contributed by atoms with E-state index in [4.69, 9.17) is 33.2 Å². The number of rotatable bonds is 25. The second-order valence-electron chi connectivity index (χ2n) is 8.39. The summed E-state index contributed by atoms with van der Waals surface area (Å²) >= 11 is 0. The lowest BCUT2D eigenvalue weighted by atomic mass is 10.1. The number of esters is 1. The fraction of sp³-hybridized carbons (Fsp3) is 0.731. The zero-order chi connectivity index (χ0) is 29.6. The molecule has 1 aromatic carbocycles. The number of hydrogen-bond donors (Lipinski definition) is 0. The van der Waals surface area contributed by atoms with E-state index in [0.717, 1.165) is 13.0 Å². The Morgan fingerprint density at radius 1 is 0.550 bits per heavy atom. The highest BCUT2D eigenvalue weighted by Gasteiger charge is 2.28. The summed E-state index contributed by atoms with van der Waals surface area (Å²) in [6.45, 7) is 9.46. The van der Waals surface area contributed by atoms with Crippen molar-refractivity contribution in [3.05, 3.63) is 29.1 Å². The van der Waals surface area contributed by atoms with Crippen molar-refractivity contribution in [3.8, 4) is 5.75 Å². The molecule has 0 spiro atoms. The summed E-state index contributed by atoms with van der Waals surface area (Å²) in [5.74, 6) is -13.5. The standard InChI is InChI=1S/C26H39F5O9/c1-3-19(2)18-39-17-16-38-15-14-37-13-12-36-11-10-35-9-8-34-7-6-33-5-4-20(32)40-26-24(30)22(28)21(27)23(29)25(26)31/h19H,3-18H2,1-2H3. The molecular weight excluding hydrogens is 551 g/mol. The second-order valence-corrected chi connectivity index (χ2v) is 8.39. The first-order valence-electron chi connectivity index (χ1n) is 13.1. The molecular formula is C26H39F5O9. The molecule has 0 radical (unpaired) electrons. The van der Waals surface area contributed by atoms with Crippen LogP contribution in [0.2, 0.25) is 0 Å². The summed E-state index contributed by atoms with van der Waals surface area (Å²) in [6, 6.07) is 0. The molecule has 1 aromatic rings. The number of carbonyl (C=O) groups excluding carboxylic acids is 1. The minimum absolute atomic E-state index is 0.0932. The molecule has 0 fully saturated rings. The molecule has 0 amide bonds. The molecule has 0 aliphatic heterocycles. The molecule has 0 N–H and O–H groups in total. The van der Waals surface area contributed by atoms with E-state index in [-0.39, 0.29) is 26.4 Å². The highest BCUT2D eigenvalue weighted by Crippen LogP contribution is 2.29. The summed E-state index contributed by atoms with van der Waals surface area (Å²) in [4.78, 5) is 11.6. The number of benzene rings is 1. The third-order valence-corrected chi connectivity index (χ3v) is 5.17. The molecule has 0 heterocycles. The summed E-state index contributed by atoms with van der Waals surface area (Å²) in [5, 5.41) is 0. The third kappa shape index (κ3) is 15.7. The fourth-order valence-corrected chi connectivity index (χ4v) is 2.72. The van der Waals surface area contributed by atoms with Crippen LogP contribution in [-0.4, -0.2) is 98.5 Å². The molecule has 0 aliphatic rings. The topological polar surface area (TPSA) is 90.9 Å². The lowest BCUT2D eigenvalue weighted by Crippen LogP contribution is -2.16. The van der Waals surface area contributed by atoms with Crippen LogP contribution in [0.5, 0.6) is 5.75 Å². The minimum Gasteiger partial charge on any atom is -0.420 e. The average molecular weight is 591 g/mol. The molecule has 9 nitrogen and oxygen atoms in total. The van der Waals surface area contributed by atoms with Crippen molar-refractivity contribution in [2.75, 3.05) is 92.5 Å². The SMILES string of the molecule is CCC(C)COCCOCCOCCOCCOCCOCCOCCC(=O)Oc1c(F)c(F)c(F)c(F)c1F. The molecule has 40 heavy (non-hydrogen) atoms. The molecule has 1 unspecified atom stereocenters. The van der Waals surface area contributed by atoms with Crippen LogP contribution in [0.1, 0.15) is 26.7 Å². The number of halogens is 5. The van der Waals surface area contributed by atoms with Gasteiger partial charge in [0.2, 0.25) is 34.8 Å². The predicted octanol–water partition coefficient (Wildman–Crippen LogP) is 3.84. The Kier molecular flexibility index (Phi) is 20.5. The van der Waals surface area contributed by atoms with Crippen LogP contribution in [0.4, 0.5) is 22.0 Å². The Morgan fingerprint density at radius 2 is 0.875 bits per heavy atom. The number of ether oxygens (including phenoxy) is 8. The van der Waals surface area contributed by atoms with Gasteiger partial charge in [-0.05, 0) is 5.92 Å². The Labute approximate surface area is 231 Å². The first-order valence-corrected chi connectivity index (χ1v) is 13.1. The van der Waals surface area contributed by atoms with E-state index in [1.165, 1.54) is 0 Å². The zero-order valence-electron chi connectivity index (χ0n) is 23.0. The molecule has 0 saturated carbocycles. The van der Waals surface area contributed by atoms with Gasteiger partial charge in [-0.15, -0.1) is 0 Å². The van der Waals surface area contributed by atoms with E-state index < -0.39 is 47.2 Å². The van der Waals surface area contributed by atoms with Crippen molar-refractivity contribution in [3.63, 3.8) is 0 Å². The van der Waals surface area contributed by atoms with Crippen molar-refractivity contribution in [2.24, 2.45) is 5.92 Å². The maximum absolute atomic E-state index is 13.5. The first kappa shape index (κ1) is 36.1. The summed E-state index contributed by atoms with van der Waals surface area (Å²) in [6.07, 6.45) is 0.620. The molecule has 1 atom stereocenters. The minimum atomic E-state index is -2.34. The van der Waals surface area contributed by atoms with E-state index in [9.17, 15) is 26.7 Å². The monoisotopic (exact) mass is 590 g/mol. The molecule has 232 valence electrons. The summed E-state index contributed by atoms with van der Waals surface area (Å²) in [5.41, 5.74) is 0. The lowest BCUT2D eigenvalue weighted by molar-refractivity contribution is -0.136. The average Bonchev–Trinajstić information content (AvgIpc) is 2.95. The molecule has 0 saturated heterocycles. The Morgan fingerprint density at radius 3 is 1.25 bits per heavy atom. The van der Waals surface area contributed by atoms with Gasteiger partial charge in [0, 0.05) is 6.61 Å². The smallest absolute Gasteiger partial charge is 0.313 e. The van der Waals surface area contributed by atoms with Crippen LogP contribution in [0.25, 0.3) is 0 Å². The van der Waals surface area contributed by atoms with Crippen LogP contribution < -0.4 is 4.74 Å². The summed E-state index contributed by atoms with van der Waals surface area (Å²) < 4.78 is 108. The van der Waals surface area contributed by atoms with Gasteiger partial charge < -0.3 is 37.9 Å². The van der Waals surface area contributed by atoms with Crippen molar-refractivity contribution in [2.45, 2.75) is 26.7 Å². The van der Waals surface area contributed by atoms with Gasteiger partial charge in [0.1, 0.15) is 0 Å². The Balaban J connectivity index is 1.86. The van der Waals surface area contributed by atoms with E-state index in [1.54, 1.807) is 0 Å². The van der Waals surface area contributed by atoms with E-state index >= 15 is 0 Å². The van der Waals surface area contributed by atoms with Crippen LogP contribution in [0.3, 0.4) is 0 Å². The Hall–Kier alpha value is -1.94. The van der Waals surface area contributed by atoms with E-state index in [1.807, 2.05) is 0 Å². The van der Waals surface area contributed by atoms with Gasteiger partial charge in [0.05, 0.1) is 92.3 Å². The van der Waals surface area contributed by atoms with Gasteiger partial charge in [-0.2, -0.15) is 8.78 Å². The third-order valence-electron chi connectivity index (χ3n) is 5.17. The van der Waals surface area contributed by atoms with Crippen molar-refractivity contribution in [1.82, 2.24) is 0 Å². The zero-order valence-corrected chi connectivity index (χ0v) is 23.0. The highest BCUT2D eigenvalue weighted by atomic mass is 19.2. The number of carbonyl (C=O) groups is 1. The molecule has 1 rings (SSSR count). The van der Waals surface area contributed by atoms with Gasteiger partial charge in [-0.25, -0.2) is 13.2 Å². The summed E-state index contributed by atoms with van der Waals surface area (Å²) in [7, 11) is 0. The van der Waals surface area contributed by atoms with Crippen LogP contribution in [0.15, 0.2) is 0 Å². The fourth-order valence-electron chi connectivity index (χ4n) is 2.72. The molecule has 0 aliphatic carbocycles. The van der Waals surface area contributed by atoms with E-state index in [0.29, 0.717) is 65.4 Å². The van der Waals surface area contributed by atoms with Gasteiger partial charge >= 0.3 is 5.97 Å².